The maximum absolute atomic E-state index is 12.9. The summed E-state index contributed by atoms with van der Waals surface area (Å²) in [7, 11) is 1.59. The SMILES string of the molecule is COC(=O)C1(C)CC2C(C[C@@H](C)C3C4C[C@@H](C)C5C(C)CC[C@H](C)C5C4C[C@@H](C)C23)[C@H](C)C1. The first-order valence-corrected chi connectivity index (χ1v) is 14.7. The second-order valence-corrected chi connectivity index (χ2v) is 14.6. The highest BCUT2D eigenvalue weighted by Crippen LogP contribution is 2.66. The summed E-state index contributed by atoms with van der Waals surface area (Å²) < 4.78 is 5.35. The quantitative estimate of drug-likeness (QED) is 0.378. The molecule has 0 aromatic heterocycles. The largest absolute Gasteiger partial charge is 0.469 e. The first-order chi connectivity index (χ1) is 15.6. The molecule has 5 fully saturated rings. The van der Waals surface area contributed by atoms with E-state index in [1.807, 2.05) is 0 Å². The van der Waals surface area contributed by atoms with E-state index >= 15 is 0 Å². The minimum Gasteiger partial charge on any atom is -0.469 e. The molecule has 0 saturated heterocycles. The lowest BCUT2D eigenvalue weighted by Crippen LogP contribution is -2.59. The third kappa shape index (κ3) is 3.66. The Morgan fingerprint density at radius 3 is 1.64 bits per heavy atom. The van der Waals surface area contributed by atoms with E-state index < -0.39 is 0 Å². The highest BCUT2D eigenvalue weighted by molar-refractivity contribution is 5.76. The van der Waals surface area contributed by atoms with Crippen molar-refractivity contribution in [1.82, 2.24) is 0 Å². The van der Waals surface area contributed by atoms with Gasteiger partial charge in [0.1, 0.15) is 0 Å². The van der Waals surface area contributed by atoms with Crippen LogP contribution in [0.4, 0.5) is 0 Å². The standard InChI is InChI=1S/C31H52O2/c1-16-9-10-17(2)27-23-13-20(5)29-25-15-31(7,30(32)33-8)14-21(6)22(25)11-19(4)28(29)24(23)12-18(3)26(16)27/h16-29H,9-15H2,1-8H3/t16?,17-,18+,19+,20+,21+,22?,23?,24?,25?,26?,27?,28?,29?,31?/m0/s1. The minimum absolute atomic E-state index is 0.0449. The second kappa shape index (κ2) is 8.55. The Balaban J connectivity index is 1.48. The number of carbonyl (C=O) groups excluding carboxylic acids is 1. The van der Waals surface area contributed by atoms with Gasteiger partial charge in [0.25, 0.3) is 0 Å². The van der Waals surface area contributed by atoms with E-state index in [9.17, 15) is 4.79 Å². The van der Waals surface area contributed by atoms with Crippen LogP contribution >= 0.6 is 0 Å². The number of methoxy groups -OCH3 is 1. The van der Waals surface area contributed by atoms with Gasteiger partial charge in [-0.1, -0.05) is 54.4 Å². The van der Waals surface area contributed by atoms with Gasteiger partial charge in [-0.05, 0) is 122 Å². The average Bonchev–Trinajstić information content (AvgIpc) is 2.76. The summed E-state index contributed by atoms with van der Waals surface area (Å²) in [5.74, 6) is 12.0. The first kappa shape index (κ1) is 24.2. The minimum atomic E-state index is -0.282. The smallest absolute Gasteiger partial charge is 0.311 e. The third-order valence-corrected chi connectivity index (χ3v) is 12.6. The maximum Gasteiger partial charge on any atom is 0.311 e. The van der Waals surface area contributed by atoms with Gasteiger partial charge in [-0.2, -0.15) is 0 Å². The van der Waals surface area contributed by atoms with Gasteiger partial charge in [0.2, 0.25) is 0 Å². The first-order valence-electron chi connectivity index (χ1n) is 14.7. The van der Waals surface area contributed by atoms with Crippen LogP contribution in [0.3, 0.4) is 0 Å². The Bertz CT molecular complexity index is 745. The second-order valence-electron chi connectivity index (χ2n) is 14.6. The zero-order valence-electron chi connectivity index (χ0n) is 22.8. The number of rotatable bonds is 1. The monoisotopic (exact) mass is 456 g/mol. The molecule has 5 saturated carbocycles. The Labute approximate surface area is 204 Å². The molecule has 2 heteroatoms. The molecule has 0 aliphatic heterocycles. The predicted octanol–water partition coefficient (Wildman–Crippen LogP) is 7.71. The van der Waals surface area contributed by atoms with Crippen molar-refractivity contribution in [2.24, 2.45) is 88.3 Å². The van der Waals surface area contributed by atoms with Crippen LogP contribution < -0.4 is 0 Å². The van der Waals surface area contributed by atoms with Crippen molar-refractivity contribution in [3.8, 4) is 0 Å². The van der Waals surface area contributed by atoms with Crippen LogP contribution in [0.2, 0.25) is 0 Å². The van der Waals surface area contributed by atoms with Crippen LogP contribution in [0.5, 0.6) is 0 Å². The molecule has 33 heavy (non-hydrogen) atoms. The molecule has 0 aromatic rings. The molecular formula is C31H52O2. The molecule has 0 bridgehead atoms. The highest BCUT2D eigenvalue weighted by atomic mass is 16.5. The Kier molecular flexibility index (Phi) is 6.26. The Morgan fingerprint density at radius 2 is 1.06 bits per heavy atom. The molecule has 2 nitrogen and oxygen atoms in total. The number of hydrogen-bond acceptors (Lipinski definition) is 2. The molecule has 0 amide bonds. The van der Waals surface area contributed by atoms with E-state index in [2.05, 4.69) is 48.5 Å². The number of fused-ring (bicyclic) bond motifs is 7. The predicted molar refractivity (Wildman–Crippen MR) is 135 cm³/mol. The molecule has 5 aliphatic carbocycles. The van der Waals surface area contributed by atoms with Crippen molar-refractivity contribution in [1.29, 1.82) is 0 Å². The summed E-state index contributed by atoms with van der Waals surface area (Å²) in [5.41, 5.74) is -0.282. The van der Waals surface area contributed by atoms with Crippen LogP contribution in [0.1, 0.15) is 93.4 Å². The van der Waals surface area contributed by atoms with Crippen molar-refractivity contribution in [2.75, 3.05) is 7.11 Å². The number of hydrogen-bond donors (Lipinski definition) is 0. The fourth-order valence-corrected chi connectivity index (χ4v) is 11.8. The number of esters is 1. The normalized spacial score (nSPS) is 58.3. The van der Waals surface area contributed by atoms with Gasteiger partial charge < -0.3 is 4.74 Å². The zero-order valence-corrected chi connectivity index (χ0v) is 22.8. The summed E-state index contributed by atoms with van der Waals surface area (Å²) in [6.07, 6.45) is 9.32. The Morgan fingerprint density at radius 1 is 0.606 bits per heavy atom. The fraction of sp³-hybridized carbons (Fsp3) is 0.968. The molecule has 0 aromatic carbocycles. The lowest BCUT2D eigenvalue weighted by atomic mass is 9.40. The van der Waals surface area contributed by atoms with E-state index in [0.29, 0.717) is 11.8 Å². The molecule has 0 N–H and O–H groups in total. The molecule has 15 atom stereocenters. The summed E-state index contributed by atoms with van der Waals surface area (Å²) in [6.45, 7) is 17.7. The van der Waals surface area contributed by atoms with Gasteiger partial charge in [-0.3, -0.25) is 4.79 Å². The molecular weight excluding hydrogens is 404 g/mol. The lowest BCUT2D eigenvalue weighted by molar-refractivity contribution is -0.179. The summed E-state index contributed by atoms with van der Waals surface area (Å²) in [5, 5.41) is 0. The Hall–Kier alpha value is -0.530. The van der Waals surface area contributed by atoms with Crippen molar-refractivity contribution >= 4 is 5.97 Å². The number of ether oxygens (including phenoxy) is 1. The van der Waals surface area contributed by atoms with E-state index in [-0.39, 0.29) is 11.4 Å². The van der Waals surface area contributed by atoms with Gasteiger partial charge in [0, 0.05) is 0 Å². The average molecular weight is 457 g/mol. The third-order valence-electron chi connectivity index (χ3n) is 12.6. The van der Waals surface area contributed by atoms with E-state index in [4.69, 9.17) is 4.74 Å². The van der Waals surface area contributed by atoms with Crippen LogP contribution in [-0.4, -0.2) is 13.1 Å². The van der Waals surface area contributed by atoms with Crippen molar-refractivity contribution < 1.29 is 9.53 Å². The van der Waals surface area contributed by atoms with Crippen molar-refractivity contribution in [3.63, 3.8) is 0 Å². The summed E-state index contributed by atoms with van der Waals surface area (Å²) in [4.78, 5) is 12.9. The van der Waals surface area contributed by atoms with E-state index in [1.165, 1.54) is 32.1 Å². The summed E-state index contributed by atoms with van der Waals surface area (Å²) in [6, 6.07) is 0. The number of carbonyl (C=O) groups is 1. The van der Waals surface area contributed by atoms with Gasteiger partial charge in [0.05, 0.1) is 12.5 Å². The van der Waals surface area contributed by atoms with Crippen LogP contribution in [-0.2, 0) is 9.53 Å². The molecule has 0 radical (unpaired) electrons. The topological polar surface area (TPSA) is 26.3 Å². The maximum atomic E-state index is 12.9. The molecule has 0 spiro atoms. The fourth-order valence-electron chi connectivity index (χ4n) is 11.8. The van der Waals surface area contributed by atoms with E-state index in [0.717, 1.165) is 83.9 Å². The molecule has 5 aliphatic rings. The van der Waals surface area contributed by atoms with Gasteiger partial charge in [0.15, 0.2) is 0 Å². The van der Waals surface area contributed by atoms with Crippen LogP contribution in [0.15, 0.2) is 0 Å². The van der Waals surface area contributed by atoms with Gasteiger partial charge in [-0.25, -0.2) is 0 Å². The molecule has 10 unspecified atom stereocenters. The lowest BCUT2D eigenvalue weighted by Gasteiger charge is -2.65. The zero-order chi connectivity index (χ0) is 23.8. The highest BCUT2D eigenvalue weighted by Gasteiger charge is 2.61. The molecule has 0 heterocycles. The van der Waals surface area contributed by atoms with Gasteiger partial charge in [-0.15, -0.1) is 0 Å². The van der Waals surface area contributed by atoms with E-state index in [1.54, 1.807) is 7.11 Å². The molecule has 188 valence electrons. The van der Waals surface area contributed by atoms with Gasteiger partial charge >= 0.3 is 5.97 Å². The molecule has 5 rings (SSSR count). The summed E-state index contributed by atoms with van der Waals surface area (Å²) >= 11 is 0. The van der Waals surface area contributed by atoms with Crippen LogP contribution in [0, 0.1) is 88.3 Å². The van der Waals surface area contributed by atoms with Crippen molar-refractivity contribution in [3.05, 3.63) is 0 Å². The van der Waals surface area contributed by atoms with Crippen LogP contribution in [0.25, 0.3) is 0 Å². The van der Waals surface area contributed by atoms with Crippen molar-refractivity contribution in [2.45, 2.75) is 93.4 Å².